The van der Waals surface area contributed by atoms with Crippen LogP contribution in [0.15, 0.2) is 21.5 Å². The van der Waals surface area contributed by atoms with Crippen LogP contribution in [-0.4, -0.2) is 70.4 Å². The number of rotatable bonds is 13. The van der Waals surface area contributed by atoms with Crippen molar-refractivity contribution in [3.63, 3.8) is 0 Å². The van der Waals surface area contributed by atoms with Gasteiger partial charge in [0.25, 0.3) is 11.8 Å². The minimum atomic E-state index is -0.818. The molecule has 0 bridgehead atoms. The van der Waals surface area contributed by atoms with Gasteiger partial charge in [-0.3, -0.25) is 19.3 Å². The molecule has 1 aromatic carbocycles. The first-order valence-electron chi connectivity index (χ1n) is 11.0. The van der Waals surface area contributed by atoms with Crippen molar-refractivity contribution in [1.82, 2.24) is 9.80 Å². The molecule has 1 saturated heterocycles. The van der Waals surface area contributed by atoms with Gasteiger partial charge in [-0.25, -0.2) is 0 Å². The third kappa shape index (κ3) is 7.71. The van der Waals surface area contributed by atoms with Crippen LogP contribution in [0.4, 0.5) is 0 Å². The number of carbonyl (C=O) groups excluding carboxylic acids is 2. The summed E-state index contributed by atoms with van der Waals surface area (Å²) < 4.78 is 12.3. The fraction of sp³-hybridized carbons (Fsp3) is 0.478. The molecule has 34 heavy (non-hydrogen) atoms. The summed E-state index contributed by atoms with van der Waals surface area (Å²) in [6.45, 7) is 5.39. The number of nitrogens with zero attached hydrogens (tertiary/aromatic N) is 2. The van der Waals surface area contributed by atoms with Crippen molar-refractivity contribution in [2.24, 2.45) is 0 Å². The predicted molar refractivity (Wildman–Crippen MR) is 140 cm³/mol. The zero-order valence-corrected chi connectivity index (χ0v) is 22.7. The summed E-state index contributed by atoms with van der Waals surface area (Å²) in [5.41, 5.74) is 0.716. The monoisotopic (exact) mass is 572 g/mol. The highest BCUT2D eigenvalue weighted by molar-refractivity contribution is 9.10. The molecule has 1 N–H and O–H groups in total. The molecule has 0 saturated carbocycles. The smallest absolute Gasteiger partial charge is 0.303 e. The summed E-state index contributed by atoms with van der Waals surface area (Å²) in [4.78, 5) is 39.5. The Morgan fingerprint density at radius 2 is 1.94 bits per heavy atom. The van der Waals surface area contributed by atoms with E-state index in [4.69, 9.17) is 26.8 Å². The van der Waals surface area contributed by atoms with Gasteiger partial charge in [0.05, 0.1) is 16.5 Å². The van der Waals surface area contributed by atoms with Crippen LogP contribution in [0.3, 0.4) is 0 Å². The number of amides is 2. The van der Waals surface area contributed by atoms with E-state index in [9.17, 15) is 14.4 Å². The van der Waals surface area contributed by atoms with E-state index in [1.165, 1.54) is 18.9 Å². The van der Waals surface area contributed by atoms with Crippen molar-refractivity contribution in [3.8, 4) is 11.5 Å². The highest BCUT2D eigenvalue weighted by atomic mass is 79.9. The van der Waals surface area contributed by atoms with Crippen LogP contribution in [0.5, 0.6) is 11.5 Å². The maximum absolute atomic E-state index is 12.8. The fourth-order valence-electron chi connectivity index (χ4n) is 3.33. The number of ether oxygens (including phenoxy) is 2. The molecule has 0 radical (unpaired) electrons. The molecule has 0 spiro atoms. The quantitative estimate of drug-likeness (QED) is 0.209. The van der Waals surface area contributed by atoms with Crippen molar-refractivity contribution in [1.29, 1.82) is 0 Å². The van der Waals surface area contributed by atoms with Crippen LogP contribution in [0.1, 0.15) is 45.1 Å². The van der Waals surface area contributed by atoms with Gasteiger partial charge in [-0.2, -0.15) is 0 Å². The number of carbonyl (C=O) groups is 3. The Bertz CT molecular complexity index is 965. The van der Waals surface area contributed by atoms with Crippen LogP contribution < -0.4 is 9.47 Å². The molecule has 0 atom stereocenters. The summed E-state index contributed by atoms with van der Waals surface area (Å²) in [5.74, 6) is -0.263. The molecular formula is C23H29BrN2O6S2. The fourth-order valence-corrected chi connectivity index (χ4v) is 5.21. The summed E-state index contributed by atoms with van der Waals surface area (Å²) in [6, 6.07) is 3.53. The highest BCUT2D eigenvalue weighted by Gasteiger charge is 2.31. The van der Waals surface area contributed by atoms with E-state index in [1.54, 1.807) is 28.0 Å². The molecule has 1 aromatic rings. The van der Waals surface area contributed by atoms with E-state index in [0.29, 0.717) is 69.7 Å². The van der Waals surface area contributed by atoms with Crippen molar-refractivity contribution in [2.45, 2.75) is 39.5 Å². The first-order valence-corrected chi connectivity index (χ1v) is 13.0. The number of thiocarbonyl (C=S) groups is 1. The van der Waals surface area contributed by atoms with Gasteiger partial charge in [-0.05, 0) is 66.4 Å². The molecule has 2 amide bonds. The molecule has 1 fully saturated rings. The lowest BCUT2D eigenvalue weighted by atomic mass is 10.1. The number of aliphatic carboxylic acids is 1. The maximum atomic E-state index is 12.8. The predicted octanol–water partition coefficient (Wildman–Crippen LogP) is 4.55. The Hall–Kier alpha value is -2.11. The van der Waals surface area contributed by atoms with Gasteiger partial charge in [0, 0.05) is 26.1 Å². The normalized spacial score (nSPS) is 14.6. The van der Waals surface area contributed by atoms with Crippen molar-refractivity contribution in [2.75, 3.05) is 33.4 Å². The number of carboxylic acids is 1. The molecule has 1 aliphatic heterocycles. The van der Waals surface area contributed by atoms with Crippen LogP contribution in [0.2, 0.25) is 0 Å². The molecule has 1 heterocycles. The average Bonchev–Trinajstić information content (AvgIpc) is 3.05. The lowest BCUT2D eigenvalue weighted by Gasteiger charge is -2.20. The number of halogens is 1. The lowest BCUT2D eigenvalue weighted by Crippen LogP contribution is -2.34. The van der Waals surface area contributed by atoms with Gasteiger partial charge in [0.15, 0.2) is 18.1 Å². The van der Waals surface area contributed by atoms with E-state index in [0.717, 1.165) is 0 Å². The molecule has 1 aliphatic rings. The first-order chi connectivity index (χ1) is 16.2. The zero-order valence-electron chi connectivity index (χ0n) is 19.5. The molecular weight excluding hydrogens is 544 g/mol. The second-order valence-corrected chi connectivity index (χ2v) is 9.96. The van der Waals surface area contributed by atoms with Crippen molar-refractivity contribution in [3.05, 3.63) is 27.1 Å². The Morgan fingerprint density at radius 3 is 2.56 bits per heavy atom. The standard InChI is InChI=1S/C23H29BrN2O6S2/c1-4-25(5-2)19(27)14-32-21-16(24)11-15(12-17(21)31-3)13-18-22(30)26(23(33)34-18)10-8-6-7-9-20(28)29/h11-13H,4-10,14H2,1-3H3,(H,28,29)/b18-13+. The SMILES string of the molecule is CCN(CC)C(=O)COc1c(Br)cc(/C=C2/SC(=S)N(CCCCCC(=O)O)C2=O)cc1OC. The summed E-state index contributed by atoms with van der Waals surface area (Å²) in [6.07, 6.45) is 3.83. The highest BCUT2D eigenvalue weighted by Crippen LogP contribution is 2.39. The number of hydrogen-bond acceptors (Lipinski definition) is 7. The van der Waals surface area contributed by atoms with Crippen molar-refractivity contribution >= 4 is 68.1 Å². The Balaban J connectivity index is 2.09. The Morgan fingerprint density at radius 1 is 1.24 bits per heavy atom. The van der Waals surface area contributed by atoms with Crippen LogP contribution >= 0.6 is 39.9 Å². The minimum Gasteiger partial charge on any atom is -0.493 e. The molecule has 186 valence electrons. The maximum Gasteiger partial charge on any atom is 0.303 e. The molecule has 2 rings (SSSR count). The molecule has 8 nitrogen and oxygen atoms in total. The largest absolute Gasteiger partial charge is 0.493 e. The lowest BCUT2D eigenvalue weighted by molar-refractivity contribution is -0.137. The van der Waals surface area contributed by atoms with Gasteiger partial charge in [0.2, 0.25) is 0 Å². The number of methoxy groups -OCH3 is 1. The Labute approximate surface area is 217 Å². The van der Waals surface area contributed by atoms with E-state index in [-0.39, 0.29) is 24.8 Å². The summed E-state index contributed by atoms with van der Waals surface area (Å²) in [7, 11) is 1.51. The Kier molecular flexibility index (Phi) is 11.3. The molecule has 0 aliphatic carbocycles. The first kappa shape index (κ1) is 28.1. The second-order valence-electron chi connectivity index (χ2n) is 7.43. The summed E-state index contributed by atoms with van der Waals surface area (Å²) in [5, 5.41) is 8.72. The average molecular weight is 574 g/mol. The van der Waals surface area contributed by atoms with E-state index < -0.39 is 5.97 Å². The van der Waals surface area contributed by atoms with Gasteiger partial charge < -0.3 is 19.5 Å². The van der Waals surface area contributed by atoms with E-state index in [2.05, 4.69) is 15.9 Å². The van der Waals surface area contributed by atoms with E-state index >= 15 is 0 Å². The number of likely N-dealkylation sites (N-methyl/N-ethyl adjacent to an activating group) is 1. The van der Waals surface area contributed by atoms with Gasteiger partial charge in [-0.1, -0.05) is 30.4 Å². The summed E-state index contributed by atoms with van der Waals surface area (Å²) >= 11 is 10.1. The molecule has 0 unspecified atom stereocenters. The topological polar surface area (TPSA) is 96.4 Å². The van der Waals surface area contributed by atoms with E-state index in [1.807, 2.05) is 13.8 Å². The van der Waals surface area contributed by atoms with Gasteiger partial charge >= 0.3 is 5.97 Å². The number of unbranched alkanes of at least 4 members (excludes halogenated alkanes) is 2. The van der Waals surface area contributed by atoms with Crippen LogP contribution in [-0.2, 0) is 14.4 Å². The van der Waals surface area contributed by atoms with Crippen molar-refractivity contribution < 1.29 is 29.0 Å². The molecule has 0 aromatic heterocycles. The van der Waals surface area contributed by atoms with Crippen LogP contribution in [0.25, 0.3) is 6.08 Å². The second kappa shape index (κ2) is 13.7. The van der Waals surface area contributed by atoms with Crippen LogP contribution in [0, 0.1) is 0 Å². The minimum absolute atomic E-state index is 0.110. The third-order valence-electron chi connectivity index (χ3n) is 5.15. The third-order valence-corrected chi connectivity index (χ3v) is 7.12. The molecule has 11 heteroatoms. The number of benzene rings is 1. The zero-order chi connectivity index (χ0) is 25.3. The van der Waals surface area contributed by atoms with Gasteiger partial charge in [-0.15, -0.1) is 0 Å². The van der Waals surface area contributed by atoms with Gasteiger partial charge in [0.1, 0.15) is 4.32 Å². The number of hydrogen-bond donors (Lipinski definition) is 1. The number of thioether (sulfide) groups is 1. The number of carboxylic acid groups (broad SMARTS) is 1.